The minimum atomic E-state index is -0.361. The average molecular weight is 268 g/mol. The highest BCUT2D eigenvalue weighted by Crippen LogP contribution is 2.18. The SMILES string of the molecule is Cc1c(O)nc(-c2cnn(-c3ccccc3)c2)[nH]c1=O. The Hall–Kier alpha value is -2.89. The molecule has 20 heavy (non-hydrogen) atoms. The summed E-state index contributed by atoms with van der Waals surface area (Å²) in [6.07, 6.45) is 3.32. The van der Waals surface area contributed by atoms with E-state index >= 15 is 0 Å². The topological polar surface area (TPSA) is 83.8 Å². The van der Waals surface area contributed by atoms with Crippen molar-refractivity contribution >= 4 is 0 Å². The molecule has 2 heterocycles. The molecule has 1 aromatic carbocycles. The molecule has 0 aliphatic heterocycles. The van der Waals surface area contributed by atoms with Crippen LogP contribution >= 0.6 is 0 Å². The number of hydrogen-bond acceptors (Lipinski definition) is 4. The normalized spacial score (nSPS) is 10.7. The van der Waals surface area contributed by atoms with Gasteiger partial charge in [0, 0.05) is 6.20 Å². The van der Waals surface area contributed by atoms with Crippen LogP contribution in [0, 0.1) is 6.92 Å². The molecule has 6 nitrogen and oxygen atoms in total. The van der Waals surface area contributed by atoms with Gasteiger partial charge in [0.2, 0.25) is 5.88 Å². The van der Waals surface area contributed by atoms with Gasteiger partial charge in [0.25, 0.3) is 5.56 Å². The average Bonchev–Trinajstić information content (AvgIpc) is 2.95. The van der Waals surface area contributed by atoms with Gasteiger partial charge in [-0.2, -0.15) is 10.1 Å². The summed E-state index contributed by atoms with van der Waals surface area (Å²) >= 11 is 0. The smallest absolute Gasteiger partial charge is 0.257 e. The highest BCUT2D eigenvalue weighted by molar-refractivity contribution is 5.54. The summed E-state index contributed by atoms with van der Waals surface area (Å²) in [6, 6.07) is 9.58. The van der Waals surface area contributed by atoms with E-state index < -0.39 is 0 Å². The molecule has 0 spiro atoms. The molecule has 6 heteroatoms. The van der Waals surface area contributed by atoms with E-state index in [4.69, 9.17) is 0 Å². The first-order valence-corrected chi connectivity index (χ1v) is 6.05. The number of aromatic hydroxyl groups is 1. The van der Waals surface area contributed by atoms with Crippen LogP contribution in [0.25, 0.3) is 17.1 Å². The van der Waals surface area contributed by atoms with Gasteiger partial charge >= 0.3 is 0 Å². The summed E-state index contributed by atoms with van der Waals surface area (Å²) in [4.78, 5) is 18.2. The zero-order valence-electron chi connectivity index (χ0n) is 10.7. The number of aromatic amines is 1. The number of rotatable bonds is 2. The molecule has 2 N–H and O–H groups in total. The van der Waals surface area contributed by atoms with E-state index in [-0.39, 0.29) is 17.0 Å². The molecule has 0 unspecified atom stereocenters. The van der Waals surface area contributed by atoms with Crippen molar-refractivity contribution in [2.75, 3.05) is 0 Å². The summed E-state index contributed by atoms with van der Waals surface area (Å²) in [5.41, 5.74) is 1.36. The lowest BCUT2D eigenvalue weighted by molar-refractivity contribution is 0.447. The first-order valence-electron chi connectivity index (χ1n) is 6.05. The van der Waals surface area contributed by atoms with Gasteiger partial charge in [-0.05, 0) is 19.1 Å². The zero-order valence-corrected chi connectivity index (χ0v) is 10.7. The molecule has 3 aromatic rings. The van der Waals surface area contributed by atoms with Crippen molar-refractivity contribution in [2.45, 2.75) is 6.92 Å². The lowest BCUT2D eigenvalue weighted by Crippen LogP contribution is -2.11. The van der Waals surface area contributed by atoms with Crippen LogP contribution in [0.2, 0.25) is 0 Å². The highest BCUT2D eigenvalue weighted by Gasteiger charge is 2.10. The van der Waals surface area contributed by atoms with Crippen molar-refractivity contribution in [1.82, 2.24) is 19.7 Å². The molecular formula is C14H12N4O2. The third-order valence-electron chi connectivity index (χ3n) is 3.00. The third-order valence-corrected chi connectivity index (χ3v) is 3.00. The van der Waals surface area contributed by atoms with Crippen LogP contribution in [0.15, 0.2) is 47.5 Å². The van der Waals surface area contributed by atoms with E-state index in [2.05, 4.69) is 15.1 Å². The van der Waals surface area contributed by atoms with Gasteiger partial charge in [-0.3, -0.25) is 4.79 Å². The van der Waals surface area contributed by atoms with Gasteiger partial charge < -0.3 is 10.1 Å². The number of nitrogens with zero attached hydrogens (tertiary/aromatic N) is 3. The second kappa shape index (κ2) is 4.65. The number of benzene rings is 1. The minimum absolute atomic E-state index is 0.198. The Morgan fingerprint density at radius 2 is 2.00 bits per heavy atom. The van der Waals surface area contributed by atoms with Crippen LogP contribution < -0.4 is 5.56 Å². The standard InChI is InChI=1S/C14H12N4O2/c1-9-13(19)16-12(17-14(9)20)10-7-15-18(8-10)11-5-3-2-4-6-11/h2-8H,1H3,(H2,16,17,19,20). The maximum Gasteiger partial charge on any atom is 0.257 e. The monoisotopic (exact) mass is 268 g/mol. The third kappa shape index (κ3) is 2.07. The van der Waals surface area contributed by atoms with Crippen LogP contribution in [-0.2, 0) is 0 Å². The first-order chi connectivity index (χ1) is 9.65. The molecule has 0 saturated carbocycles. The number of nitrogens with one attached hydrogen (secondary N) is 1. The van der Waals surface area contributed by atoms with E-state index in [1.807, 2.05) is 30.3 Å². The molecular weight excluding hydrogens is 256 g/mol. The van der Waals surface area contributed by atoms with Gasteiger partial charge in [0.1, 0.15) is 5.82 Å². The summed E-state index contributed by atoms with van der Waals surface area (Å²) in [5.74, 6) is 0.0245. The van der Waals surface area contributed by atoms with Crippen molar-refractivity contribution in [3.8, 4) is 23.0 Å². The second-order valence-electron chi connectivity index (χ2n) is 4.37. The Kier molecular flexibility index (Phi) is 2.83. The van der Waals surface area contributed by atoms with Crippen LogP contribution in [0.5, 0.6) is 5.88 Å². The van der Waals surface area contributed by atoms with Gasteiger partial charge in [-0.1, -0.05) is 18.2 Å². The molecule has 0 bridgehead atoms. The van der Waals surface area contributed by atoms with E-state index in [1.165, 1.54) is 6.92 Å². The van der Waals surface area contributed by atoms with Crippen molar-refractivity contribution in [2.24, 2.45) is 0 Å². The summed E-state index contributed by atoms with van der Waals surface area (Å²) in [7, 11) is 0. The van der Waals surface area contributed by atoms with E-state index in [1.54, 1.807) is 17.1 Å². The fourth-order valence-electron chi connectivity index (χ4n) is 1.82. The van der Waals surface area contributed by atoms with Crippen LogP contribution in [0.4, 0.5) is 0 Å². The lowest BCUT2D eigenvalue weighted by Gasteiger charge is -2.01. The molecule has 0 aliphatic rings. The summed E-state index contributed by atoms with van der Waals surface area (Å²) < 4.78 is 1.67. The van der Waals surface area contributed by atoms with Gasteiger partial charge in [-0.15, -0.1) is 0 Å². The fraction of sp³-hybridized carbons (Fsp3) is 0.0714. The van der Waals surface area contributed by atoms with E-state index in [0.29, 0.717) is 11.4 Å². The Morgan fingerprint density at radius 1 is 1.25 bits per heavy atom. The van der Waals surface area contributed by atoms with E-state index in [0.717, 1.165) is 5.69 Å². The predicted octanol–water partition coefficient (Wildman–Crippen LogP) is 1.64. The van der Waals surface area contributed by atoms with Gasteiger partial charge in [0.15, 0.2) is 0 Å². The first kappa shape index (κ1) is 12.2. The number of hydrogen-bond donors (Lipinski definition) is 2. The van der Waals surface area contributed by atoms with Crippen LogP contribution in [-0.4, -0.2) is 24.9 Å². The second-order valence-corrected chi connectivity index (χ2v) is 4.37. The summed E-state index contributed by atoms with van der Waals surface area (Å²) in [6.45, 7) is 1.51. The van der Waals surface area contributed by atoms with Gasteiger partial charge in [0.05, 0.1) is 23.0 Å². The molecule has 0 fully saturated rings. The summed E-state index contributed by atoms with van der Waals surface area (Å²) in [5, 5.41) is 13.8. The molecule has 0 radical (unpaired) electrons. The molecule has 3 rings (SSSR count). The zero-order chi connectivity index (χ0) is 14.1. The van der Waals surface area contributed by atoms with Gasteiger partial charge in [-0.25, -0.2) is 4.68 Å². The molecule has 0 atom stereocenters. The number of para-hydroxylation sites is 1. The van der Waals surface area contributed by atoms with Crippen LogP contribution in [0.3, 0.4) is 0 Å². The quantitative estimate of drug-likeness (QED) is 0.740. The van der Waals surface area contributed by atoms with Crippen LogP contribution in [0.1, 0.15) is 5.56 Å². The molecule has 0 saturated heterocycles. The minimum Gasteiger partial charge on any atom is -0.493 e. The molecule has 0 amide bonds. The highest BCUT2D eigenvalue weighted by atomic mass is 16.3. The van der Waals surface area contributed by atoms with E-state index in [9.17, 15) is 9.90 Å². The number of H-pyrrole nitrogens is 1. The fourth-order valence-corrected chi connectivity index (χ4v) is 1.82. The maximum absolute atomic E-state index is 11.6. The Labute approximate surface area is 114 Å². The Morgan fingerprint density at radius 3 is 2.70 bits per heavy atom. The number of aromatic nitrogens is 4. The van der Waals surface area contributed by atoms with Crippen molar-refractivity contribution < 1.29 is 5.11 Å². The predicted molar refractivity (Wildman–Crippen MR) is 73.8 cm³/mol. The Bertz CT molecular complexity index is 806. The lowest BCUT2D eigenvalue weighted by atomic mass is 10.3. The Balaban J connectivity index is 2.05. The molecule has 0 aliphatic carbocycles. The van der Waals surface area contributed by atoms with Crippen molar-refractivity contribution in [1.29, 1.82) is 0 Å². The largest absolute Gasteiger partial charge is 0.493 e. The molecule has 2 aromatic heterocycles. The van der Waals surface area contributed by atoms with Crippen molar-refractivity contribution in [3.63, 3.8) is 0 Å². The maximum atomic E-state index is 11.6. The molecule has 100 valence electrons. The van der Waals surface area contributed by atoms with Crippen molar-refractivity contribution in [3.05, 3.63) is 58.6 Å².